The lowest BCUT2D eigenvalue weighted by atomic mass is 10.1. The number of hydrogen-bond donors (Lipinski definition) is 0. The van der Waals surface area contributed by atoms with Gasteiger partial charge in [-0.3, -0.25) is 0 Å². The summed E-state index contributed by atoms with van der Waals surface area (Å²) >= 11 is 0. The molecule has 0 radical (unpaired) electrons. The molecule has 0 N–H and O–H groups in total. The van der Waals surface area contributed by atoms with E-state index >= 15 is 0 Å². The van der Waals surface area contributed by atoms with Gasteiger partial charge in [-0.2, -0.15) is 0 Å². The molecule has 0 aliphatic rings. The van der Waals surface area contributed by atoms with Crippen LogP contribution in [-0.2, 0) is 9.53 Å². The number of methoxy groups -OCH3 is 1. The van der Waals surface area contributed by atoms with Gasteiger partial charge >= 0.3 is 5.97 Å². The van der Waals surface area contributed by atoms with Crippen molar-refractivity contribution in [3.63, 3.8) is 0 Å². The van der Waals surface area contributed by atoms with Crippen molar-refractivity contribution in [3.05, 3.63) is 42.2 Å². The second kappa shape index (κ2) is 5.04. The lowest BCUT2D eigenvalue weighted by molar-refractivity contribution is -0.143. The molecule has 0 spiro atoms. The van der Waals surface area contributed by atoms with E-state index in [1.165, 1.54) is 12.7 Å². The molecular weight excluding hydrogens is 228 g/mol. The van der Waals surface area contributed by atoms with Crippen molar-refractivity contribution >= 4 is 5.97 Å². The Labute approximate surface area is 106 Å². The third kappa shape index (κ3) is 2.27. The number of ether oxygens (including phenoxy) is 1. The number of benzene rings is 1. The van der Waals surface area contributed by atoms with E-state index in [2.05, 4.69) is 4.98 Å². The lowest BCUT2D eigenvalue weighted by Gasteiger charge is -2.14. The summed E-state index contributed by atoms with van der Waals surface area (Å²) in [5.41, 5.74) is 2.18. The van der Waals surface area contributed by atoms with Crippen molar-refractivity contribution in [1.82, 2.24) is 9.55 Å². The van der Waals surface area contributed by atoms with E-state index in [0.29, 0.717) is 0 Å². The molecule has 0 aliphatic carbocycles. The molecule has 0 bridgehead atoms. The Morgan fingerprint density at radius 2 is 2.00 bits per heavy atom. The van der Waals surface area contributed by atoms with Crippen molar-refractivity contribution in [2.75, 3.05) is 7.11 Å². The highest BCUT2D eigenvalue weighted by molar-refractivity contribution is 5.74. The fourth-order valence-corrected chi connectivity index (χ4v) is 1.84. The molecule has 1 aromatic carbocycles. The van der Waals surface area contributed by atoms with Crippen LogP contribution in [0.1, 0.15) is 18.5 Å². The minimum absolute atomic E-state index is 0.277. The molecule has 4 heteroatoms. The molecule has 94 valence electrons. The van der Waals surface area contributed by atoms with Crippen LogP contribution in [0.4, 0.5) is 0 Å². The van der Waals surface area contributed by atoms with Crippen LogP contribution in [0.25, 0.3) is 11.4 Å². The van der Waals surface area contributed by atoms with Gasteiger partial charge in [0.2, 0.25) is 0 Å². The number of esters is 1. The molecule has 0 saturated heterocycles. The minimum Gasteiger partial charge on any atom is -0.467 e. The number of rotatable bonds is 3. The van der Waals surface area contributed by atoms with Gasteiger partial charge < -0.3 is 9.30 Å². The summed E-state index contributed by atoms with van der Waals surface area (Å²) in [6.45, 7) is 3.83. The van der Waals surface area contributed by atoms with Crippen LogP contribution >= 0.6 is 0 Å². The highest BCUT2D eigenvalue weighted by Crippen LogP contribution is 2.22. The Balaban J connectivity index is 2.38. The molecule has 4 nitrogen and oxygen atoms in total. The Morgan fingerprint density at radius 3 is 2.61 bits per heavy atom. The Morgan fingerprint density at radius 1 is 1.33 bits per heavy atom. The first-order valence-corrected chi connectivity index (χ1v) is 5.81. The van der Waals surface area contributed by atoms with Gasteiger partial charge in [0.15, 0.2) is 0 Å². The highest BCUT2D eigenvalue weighted by atomic mass is 16.5. The summed E-state index contributed by atoms with van der Waals surface area (Å²) in [4.78, 5) is 15.9. The molecule has 2 rings (SSSR count). The van der Waals surface area contributed by atoms with Gasteiger partial charge in [0.25, 0.3) is 0 Å². The summed E-state index contributed by atoms with van der Waals surface area (Å²) in [7, 11) is 1.39. The third-order valence-corrected chi connectivity index (χ3v) is 2.94. The van der Waals surface area contributed by atoms with Crippen LogP contribution in [0, 0.1) is 6.92 Å². The topological polar surface area (TPSA) is 44.1 Å². The summed E-state index contributed by atoms with van der Waals surface area (Å²) in [5.74, 6) is 0.495. The Bertz CT molecular complexity index is 543. The normalized spacial score (nSPS) is 12.2. The van der Waals surface area contributed by atoms with Crippen LogP contribution in [0.5, 0.6) is 0 Å². The second-order valence-corrected chi connectivity index (χ2v) is 4.22. The molecule has 1 atom stereocenters. The molecular formula is C14H16N2O2. The zero-order valence-electron chi connectivity index (χ0n) is 10.8. The number of imidazole rings is 1. The molecule has 1 heterocycles. The van der Waals surface area contributed by atoms with Crippen LogP contribution in [-0.4, -0.2) is 22.6 Å². The fourth-order valence-electron chi connectivity index (χ4n) is 1.84. The zero-order valence-corrected chi connectivity index (χ0v) is 10.8. The standard InChI is InChI=1S/C14H16N2O2/c1-10-4-6-12(7-5-10)13-15-8-9-16(13)11(2)14(17)18-3/h4-9,11H,1-3H3. The van der Waals surface area contributed by atoms with E-state index < -0.39 is 0 Å². The predicted molar refractivity (Wildman–Crippen MR) is 69.1 cm³/mol. The van der Waals surface area contributed by atoms with E-state index in [9.17, 15) is 4.79 Å². The first kappa shape index (κ1) is 12.4. The molecule has 0 saturated carbocycles. The number of hydrogen-bond acceptors (Lipinski definition) is 3. The Kier molecular flexibility index (Phi) is 3.46. The molecule has 0 fully saturated rings. The number of aryl methyl sites for hydroxylation is 1. The van der Waals surface area contributed by atoms with Gasteiger partial charge in [0, 0.05) is 18.0 Å². The molecule has 1 aromatic heterocycles. The van der Waals surface area contributed by atoms with Crippen molar-refractivity contribution in [1.29, 1.82) is 0 Å². The van der Waals surface area contributed by atoms with Gasteiger partial charge in [-0.25, -0.2) is 9.78 Å². The number of carbonyl (C=O) groups excluding carboxylic acids is 1. The number of carbonyl (C=O) groups is 1. The highest BCUT2D eigenvalue weighted by Gasteiger charge is 2.18. The average Bonchev–Trinajstić information content (AvgIpc) is 2.87. The van der Waals surface area contributed by atoms with E-state index in [0.717, 1.165) is 11.4 Å². The molecule has 2 aromatic rings. The molecule has 0 amide bonds. The zero-order chi connectivity index (χ0) is 13.1. The second-order valence-electron chi connectivity index (χ2n) is 4.22. The minimum atomic E-state index is -0.381. The van der Waals surface area contributed by atoms with Gasteiger partial charge in [-0.1, -0.05) is 29.8 Å². The summed E-state index contributed by atoms with van der Waals surface area (Å²) < 4.78 is 6.57. The maximum absolute atomic E-state index is 11.6. The van der Waals surface area contributed by atoms with Crippen LogP contribution in [0.3, 0.4) is 0 Å². The third-order valence-electron chi connectivity index (χ3n) is 2.94. The van der Waals surface area contributed by atoms with E-state index in [-0.39, 0.29) is 12.0 Å². The van der Waals surface area contributed by atoms with Crippen LogP contribution < -0.4 is 0 Å². The Hall–Kier alpha value is -2.10. The smallest absolute Gasteiger partial charge is 0.328 e. The number of nitrogens with zero attached hydrogens (tertiary/aromatic N) is 2. The van der Waals surface area contributed by atoms with Crippen LogP contribution in [0.15, 0.2) is 36.7 Å². The fraction of sp³-hybridized carbons (Fsp3) is 0.286. The summed E-state index contributed by atoms with van der Waals surface area (Å²) in [6.07, 6.45) is 3.48. The lowest BCUT2D eigenvalue weighted by Crippen LogP contribution is -2.18. The van der Waals surface area contributed by atoms with Crippen molar-refractivity contribution in [2.45, 2.75) is 19.9 Å². The molecule has 0 aliphatic heterocycles. The van der Waals surface area contributed by atoms with Gasteiger partial charge in [0.05, 0.1) is 7.11 Å². The van der Waals surface area contributed by atoms with Crippen molar-refractivity contribution < 1.29 is 9.53 Å². The largest absolute Gasteiger partial charge is 0.467 e. The van der Waals surface area contributed by atoms with Gasteiger partial charge in [-0.15, -0.1) is 0 Å². The van der Waals surface area contributed by atoms with Crippen LogP contribution in [0.2, 0.25) is 0 Å². The SMILES string of the molecule is COC(=O)C(C)n1ccnc1-c1ccc(C)cc1. The maximum atomic E-state index is 11.6. The molecule has 18 heavy (non-hydrogen) atoms. The monoisotopic (exact) mass is 244 g/mol. The first-order chi connectivity index (χ1) is 8.63. The van der Waals surface area contributed by atoms with E-state index in [4.69, 9.17) is 4.74 Å². The number of aromatic nitrogens is 2. The first-order valence-electron chi connectivity index (χ1n) is 5.81. The van der Waals surface area contributed by atoms with Gasteiger partial charge in [-0.05, 0) is 13.8 Å². The van der Waals surface area contributed by atoms with E-state index in [1.54, 1.807) is 19.3 Å². The quantitative estimate of drug-likeness (QED) is 0.779. The molecule has 1 unspecified atom stereocenters. The maximum Gasteiger partial charge on any atom is 0.328 e. The summed E-state index contributed by atoms with van der Waals surface area (Å²) in [6, 6.07) is 7.67. The predicted octanol–water partition coefficient (Wildman–Crippen LogP) is 2.59. The van der Waals surface area contributed by atoms with E-state index in [1.807, 2.05) is 35.8 Å². The summed E-state index contributed by atoms with van der Waals surface area (Å²) in [5, 5.41) is 0. The average molecular weight is 244 g/mol. The van der Waals surface area contributed by atoms with Crippen molar-refractivity contribution in [3.8, 4) is 11.4 Å². The van der Waals surface area contributed by atoms with Gasteiger partial charge in [0.1, 0.15) is 11.9 Å². The van der Waals surface area contributed by atoms with Crippen molar-refractivity contribution in [2.24, 2.45) is 0 Å².